The SMILES string of the molecule is Cc1nn(CCc2nnc(-c3cccc(COc4ccccc4Br)c3)o2)c(C)c1Cl. The van der Waals surface area contributed by atoms with E-state index in [0.29, 0.717) is 36.4 Å². The third-order valence-corrected chi connectivity index (χ3v) is 5.90. The molecule has 0 saturated carbocycles. The molecule has 4 rings (SSSR count). The summed E-state index contributed by atoms with van der Waals surface area (Å²) in [5.41, 5.74) is 3.63. The smallest absolute Gasteiger partial charge is 0.247 e. The molecule has 0 unspecified atom stereocenters. The molecule has 0 spiro atoms. The van der Waals surface area contributed by atoms with Crippen LogP contribution in [0.3, 0.4) is 0 Å². The van der Waals surface area contributed by atoms with Crippen molar-refractivity contribution in [2.75, 3.05) is 0 Å². The summed E-state index contributed by atoms with van der Waals surface area (Å²) in [5, 5.41) is 13.5. The summed E-state index contributed by atoms with van der Waals surface area (Å²) < 4.78 is 14.5. The van der Waals surface area contributed by atoms with E-state index in [0.717, 1.165) is 32.7 Å². The lowest BCUT2D eigenvalue weighted by atomic mass is 10.1. The van der Waals surface area contributed by atoms with Crippen LogP contribution in [0.1, 0.15) is 22.8 Å². The molecule has 2 heterocycles. The van der Waals surface area contributed by atoms with Crippen LogP contribution in [0.2, 0.25) is 5.02 Å². The first-order chi connectivity index (χ1) is 14.5. The van der Waals surface area contributed by atoms with Crippen LogP contribution in [-0.2, 0) is 19.6 Å². The predicted molar refractivity (Wildman–Crippen MR) is 119 cm³/mol. The standard InChI is InChI=1S/C22H20BrClN4O2/c1-14-21(24)15(2)28(27-14)11-10-20-25-26-22(30-20)17-7-5-6-16(12-17)13-29-19-9-4-3-8-18(19)23/h3-9,12H,10-11,13H2,1-2H3. The lowest BCUT2D eigenvalue weighted by molar-refractivity contribution is 0.304. The Kier molecular flexibility index (Phi) is 6.20. The predicted octanol–water partition coefficient (Wildman–Crippen LogP) is 5.79. The molecule has 0 saturated heterocycles. The average molecular weight is 488 g/mol. The largest absolute Gasteiger partial charge is 0.488 e. The Morgan fingerprint density at radius 2 is 1.93 bits per heavy atom. The van der Waals surface area contributed by atoms with Crippen LogP contribution < -0.4 is 4.74 Å². The minimum absolute atomic E-state index is 0.441. The lowest BCUT2D eigenvalue weighted by Gasteiger charge is -2.08. The number of para-hydroxylation sites is 1. The van der Waals surface area contributed by atoms with Crippen LogP contribution in [0.25, 0.3) is 11.5 Å². The molecule has 0 aliphatic rings. The van der Waals surface area contributed by atoms with Crippen molar-refractivity contribution in [2.45, 2.75) is 33.4 Å². The second kappa shape index (κ2) is 9.02. The first-order valence-corrected chi connectivity index (χ1v) is 10.7. The van der Waals surface area contributed by atoms with Crippen molar-refractivity contribution in [1.82, 2.24) is 20.0 Å². The Labute approximate surface area is 188 Å². The van der Waals surface area contributed by atoms with Gasteiger partial charge < -0.3 is 9.15 Å². The van der Waals surface area contributed by atoms with E-state index in [9.17, 15) is 0 Å². The number of benzene rings is 2. The van der Waals surface area contributed by atoms with Crippen LogP contribution in [0.5, 0.6) is 5.75 Å². The van der Waals surface area contributed by atoms with Crippen LogP contribution in [-0.4, -0.2) is 20.0 Å². The van der Waals surface area contributed by atoms with E-state index in [1.807, 2.05) is 67.1 Å². The molecule has 0 aliphatic carbocycles. The summed E-state index contributed by atoms with van der Waals surface area (Å²) >= 11 is 9.70. The third kappa shape index (κ3) is 4.57. The molecular formula is C22H20BrClN4O2. The second-order valence-electron chi connectivity index (χ2n) is 6.88. The molecule has 0 amide bonds. The number of hydrogen-bond donors (Lipinski definition) is 0. The van der Waals surface area contributed by atoms with E-state index in [1.165, 1.54) is 0 Å². The summed E-state index contributed by atoms with van der Waals surface area (Å²) in [7, 11) is 0. The van der Waals surface area contributed by atoms with Crippen molar-refractivity contribution in [1.29, 1.82) is 0 Å². The quantitative estimate of drug-likeness (QED) is 0.330. The van der Waals surface area contributed by atoms with E-state index in [4.69, 9.17) is 20.8 Å². The Morgan fingerprint density at radius 3 is 2.70 bits per heavy atom. The molecule has 6 nitrogen and oxygen atoms in total. The lowest BCUT2D eigenvalue weighted by Crippen LogP contribution is -2.05. The molecule has 2 aromatic carbocycles. The first-order valence-electron chi connectivity index (χ1n) is 9.50. The first kappa shape index (κ1) is 20.6. The van der Waals surface area contributed by atoms with Crippen molar-refractivity contribution in [3.8, 4) is 17.2 Å². The number of rotatable bonds is 7. The van der Waals surface area contributed by atoms with Gasteiger partial charge in [0.05, 0.1) is 20.9 Å². The number of nitrogens with zero attached hydrogens (tertiary/aromatic N) is 4. The minimum atomic E-state index is 0.441. The van der Waals surface area contributed by atoms with Gasteiger partial charge in [-0.2, -0.15) is 5.10 Å². The molecule has 0 bridgehead atoms. The molecule has 0 N–H and O–H groups in total. The highest BCUT2D eigenvalue weighted by Crippen LogP contribution is 2.26. The number of ether oxygens (including phenoxy) is 1. The second-order valence-corrected chi connectivity index (χ2v) is 8.11. The summed E-state index contributed by atoms with van der Waals surface area (Å²) in [5.74, 6) is 1.84. The normalized spacial score (nSPS) is 11.1. The van der Waals surface area contributed by atoms with Crippen LogP contribution in [0.4, 0.5) is 0 Å². The molecule has 2 aromatic heterocycles. The molecule has 0 fully saturated rings. The fourth-order valence-corrected chi connectivity index (χ4v) is 3.62. The molecular weight excluding hydrogens is 468 g/mol. The van der Waals surface area contributed by atoms with E-state index in [2.05, 4.69) is 31.2 Å². The van der Waals surface area contributed by atoms with Crippen molar-refractivity contribution < 1.29 is 9.15 Å². The Balaban J connectivity index is 1.42. The van der Waals surface area contributed by atoms with E-state index < -0.39 is 0 Å². The van der Waals surface area contributed by atoms with Crippen molar-refractivity contribution in [3.05, 3.63) is 80.9 Å². The summed E-state index contributed by atoms with van der Waals surface area (Å²) in [6, 6.07) is 15.7. The van der Waals surface area contributed by atoms with Gasteiger partial charge in [0, 0.05) is 18.5 Å². The van der Waals surface area contributed by atoms with Gasteiger partial charge in [-0.1, -0.05) is 35.9 Å². The maximum Gasteiger partial charge on any atom is 0.247 e. The van der Waals surface area contributed by atoms with Gasteiger partial charge in [-0.3, -0.25) is 4.68 Å². The van der Waals surface area contributed by atoms with E-state index >= 15 is 0 Å². The fourth-order valence-electron chi connectivity index (χ4n) is 3.08. The van der Waals surface area contributed by atoms with Crippen LogP contribution in [0, 0.1) is 13.8 Å². The average Bonchev–Trinajstić information content (AvgIpc) is 3.32. The van der Waals surface area contributed by atoms with Crippen molar-refractivity contribution in [2.24, 2.45) is 0 Å². The summed E-state index contributed by atoms with van der Waals surface area (Å²) in [6.07, 6.45) is 0.579. The van der Waals surface area contributed by atoms with Crippen LogP contribution in [0.15, 0.2) is 57.4 Å². The molecule has 4 aromatic rings. The third-order valence-electron chi connectivity index (χ3n) is 4.70. The van der Waals surface area contributed by atoms with Crippen molar-refractivity contribution in [3.63, 3.8) is 0 Å². The maximum atomic E-state index is 6.20. The highest BCUT2D eigenvalue weighted by Gasteiger charge is 2.13. The van der Waals surface area contributed by atoms with Gasteiger partial charge in [0.1, 0.15) is 12.4 Å². The van der Waals surface area contributed by atoms with Gasteiger partial charge in [-0.15, -0.1) is 10.2 Å². The zero-order valence-electron chi connectivity index (χ0n) is 16.6. The zero-order valence-corrected chi connectivity index (χ0v) is 18.9. The number of hydrogen-bond acceptors (Lipinski definition) is 5. The van der Waals surface area contributed by atoms with Gasteiger partial charge in [0.25, 0.3) is 0 Å². The minimum Gasteiger partial charge on any atom is -0.488 e. The molecule has 154 valence electrons. The van der Waals surface area contributed by atoms with Gasteiger partial charge in [-0.25, -0.2) is 0 Å². The molecule has 0 aliphatic heterocycles. The summed E-state index contributed by atoms with van der Waals surface area (Å²) in [4.78, 5) is 0. The number of halogens is 2. The summed E-state index contributed by atoms with van der Waals surface area (Å²) in [6.45, 7) is 4.91. The zero-order chi connectivity index (χ0) is 21.1. The maximum absolute atomic E-state index is 6.20. The molecule has 8 heteroatoms. The van der Waals surface area contributed by atoms with Crippen molar-refractivity contribution >= 4 is 27.5 Å². The van der Waals surface area contributed by atoms with Gasteiger partial charge in [0.2, 0.25) is 11.8 Å². The van der Waals surface area contributed by atoms with Gasteiger partial charge in [0.15, 0.2) is 0 Å². The Hall–Kier alpha value is -2.64. The molecule has 0 radical (unpaired) electrons. The van der Waals surface area contributed by atoms with E-state index in [1.54, 1.807) is 0 Å². The van der Waals surface area contributed by atoms with Gasteiger partial charge in [-0.05, 0) is 59.6 Å². The Bertz CT molecular complexity index is 1170. The highest BCUT2D eigenvalue weighted by atomic mass is 79.9. The Morgan fingerprint density at radius 1 is 1.10 bits per heavy atom. The molecule has 0 atom stereocenters. The monoisotopic (exact) mass is 486 g/mol. The molecule has 30 heavy (non-hydrogen) atoms. The highest BCUT2D eigenvalue weighted by molar-refractivity contribution is 9.10. The number of aryl methyl sites for hydroxylation is 3. The van der Waals surface area contributed by atoms with Crippen LogP contribution >= 0.6 is 27.5 Å². The van der Waals surface area contributed by atoms with E-state index in [-0.39, 0.29) is 0 Å². The fraction of sp³-hybridized carbons (Fsp3) is 0.227. The topological polar surface area (TPSA) is 66.0 Å². The van der Waals surface area contributed by atoms with Gasteiger partial charge >= 0.3 is 0 Å². The number of aromatic nitrogens is 4.